The first kappa shape index (κ1) is 10.4. The summed E-state index contributed by atoms with van der Waals surface area (Å²) in [5.74, 6) is 0.765. The molecule has 7 heteroatoms. The fraction of sp³-hybridized carbons (Fsp3) is 0.500. The fourth-order valence-electron chi connectivity index (χ4n) is 0.614. The molecule has 0 aliphatic carbocycles. The Labute approximate surface area is 83.3 Å². The van der Waals surface area contributed by atoms with Crippen molar-refractivity contribution in [2.45, 2.75) is 4.34 Å². The van der Waals surface area contributed by atoms with Crippen LogP contribution >= 0.6 is 23.1 Å². The minimum atomic E-state index is -0.432. The van der Waals surface area contributed by atoms with Crippen molar-refractivity contribution < 1.29 is 9.66 Å². The monoisotopic (exact) mass is 220 g/mol. The predicted octanol–water partition coefficient (Wildman–Crippen LogP) is 1.79. The topological polar surface area (TPSA) is 65.3 Å². The highest BCUT2D eigenvalue weighted by Gasteiger charge is 2.10. The molecule has 0 atom stereocenters. The number of hydrogen-bond acceptors (Lipinski definition) is 6. The molecular weight excluding hydrogens is 212 g/mol. The second-order valence-electron chi connectivity index (χ2n) is 2.06. The predicted molar refractivity (Wildman–Crippen MR) is 51.4 cm³/mol. The third-order valence-corrected chi connectivity index (χ3v) is 3.24. The molecule has 0 N–H and O–H groups in total. The molecule has 1 aromatic heterocycles. The van der Waals surface area contributed by atoms with Crippen molar-refractivity contribution in [3.63, 3.8) is 0 Å². The molecule has 0 unspecified atom stereocenters. The van der Waals surface area contributed by atoms with Gasteiger partial charge >= 0.3 is 5.00 Å². The molecule has 0 amide bonds. The van der Waals surface area contributed by atoms with E-state index in [9.17, 15) is 10.1 Å². The van der Waals surface area contributed by atoms with Crippen LogP contribution in [0.25, 0.3) is 0 Å². The molecule has 0 bridgehead atoms. The molecule has 0 fully saturated rings. The first-order valence-corrected chi connectivity index (χ1v) is 5.26. The van der Waals surface area contributed by atoms with Crippen molar-refractivity contribution in [1.82, 2.24) is 4.98 Å². The van der Waals surface area contributed by atoms with E-state index in [0.717, 1.165) is 17.1 Å². The maximum atomic E-state index is 10.3. The van der Waals surface area contributed by atoms with Gasteiger partial charge in [0.2, 0.25) is 0 Å². The Morgan fingerprint density at radius 2 is 2.62 bits per heavy atom. The minimum Gasteiger partial charge on any atom is -0.384 e. The average molecular weight is 220 g/mol. The number of thioether (sulfide) groups is 1. The van der Waals surface area contributed by atoms with E-state index < -0.39 is 4.92 Å². The zero-order chi connectivity index (χ0) is 9.68. The van der Waals surface area contributed by atoms with Crippen LogP contribution in [0.15, 0.2) is 10.5 Å². The molecule has 1 aromatic rings. The Hall–Kier alpha value is -0.660. The smallest absolute Gasteiger partial charge is 0.344 e. The van der Waals surface area contributed by atoms with Gasteiger partial charge < -0.3 is 4.74 Å². The Bertz CT molecular complexity index is 289. The van der Waals surface area contributed by atoms with Gasteiger partial charge in [-0.1, -0.05) is 11.8 Å². The number of aromatic nitrogens is 1. The zero-order valence-corrected chi connectivity index (χ0v) is 8.56. The molecule has 0 aliphatic rings. The maximum absolute atomic E-state index is 10.3. The van der Waals surface area contributed by atoms with Gasteiger partial charge in [-0.2, -0.15) is 0 Å². The molecule has 72 valence electrons. The molecule has 0 aromatic carbocycles. The van der Waals surface area contributed by atoms with E-state index in [4.69, 9.17) is 4.74 Å². The van der Waals surface area contributed by atoms with Gasteiger partial charge in [0.15, 0.2) is 4.34 Å². The summed E-state index contributed by atoms with van der Waals surface area (Å²) in [4.78, 5) is 13.7. The Balaban J connectivity index is 2.44. The summed E-state index contributed by atoms with van der Waals surface area (Å²) in [6, 6.07) is 0. The number of thiazole rings is 1. The van der Waals surface area contributed by atoms with Gasteiger partial charge in [-0.25, -0.2) is 4.98 Å². The van der Waals surface area contributed by atoms with E-state index in [1.54, 1.807) is 7.11 Å². The van der Waals surface area contributed by atoms with Crippen LogP contribution < -0.4 is 0 Å². The van der Waals surface area contributed by atoms with Crippen molar-refractivity contribution in [1.29, 1.82) is 0 Å². The van der Waals surface area contributed by atoms with Gasteiger partial charge in [-0.3, -0.25) is 10.1 Å². The van der Waals surface area contributed by atoms with Gasteiger partial charge in [-0.15, -0.1) is 0 Å². The van der Waals surface area contributed by atoms with E-state index in [1.807, 2.05) is 0 Å². The Kier molecular flexibility index (Phi) is 4.13. The molecule has 1 heterocycles. The summed E-state index contributed by atoms with van der Waals surface area (Å²) in [6.45, 7) is 0.623. The largest absolute Gasteiger partial charge is 0.384 e. The third-order valence-electron chi connectivity index (χ3n) is 1.17. The van der Waals surface area contributed by atoms with Gasteiger partial charge in [0.05, 0.1) is 11.5 Å². The van der Waals surface area contributed by atoms with Crippen LogP contribution in [-0.4, -0.2) is 29.4 Å². The minimum absolute atomic E-state index is 0.0833. The fourth-order valence-corrected chi connectivity index (χ4v) is 2.37. The Morgan fingerprint density at radius 3 is 3.15 bits per heavy atom. The van der Waals surface area contributed by atoms with E-state index in [1.165, 1.54) is 18.0 Å². The molecule has 5 nitrogen and oxygen atoms in total. The van der Waals surface area contributed by atoms with Crippen molar-refractivity contribution in [3.8, 4) is 0 Å². The first-order chi connectivity index (χ1) is 6.24. The number of nitro groups is 1. The van der Waals surface area contributed by atoms with E-state index in [0.29, 0.717) is 10.9 Å². The summed E-state index contributed by atoms with van der Waals surface area (Å²) in [5.41, 5.74) is 0. The van der Waals surface area contributed by atoms with E-state index >= 15 is 0 Å². The lowest BCUT2D eigenvalue weighted by atomic mass is 10.9. The van der Waals surface area contributed by atoms with Crippen LogP contribution in [0.4, 0.5) is 5.00 Å². The van der Waals surface area contributed by atoms with Crippen molar-refractivity contribution >= 4 is 28.1 Å². The molecule has 0 saturated carbocycles. The van der Waals surface area contributed by atoms with Crippen LogP contribution in [0, 0.1) is 10.1 Å². The second kappa shape index (κ2) is 5.15. The van der Waals surface area contributed by atoms with Gasteiger partial charge in [0.1, 0.15) is 6.20 Å². The average Bonchev–Trinajstić information content (AvgIpc) is 2.53. The molecule has 13 heavy (non-hydrogen) atoms. The van der Waals surface area contributed by atoms with E-state index in [-0.39, 0.29) is 5.00 Å². The highest BCUT2D eigenvalue weighted by atomic mass is 32.2. The van der Waals surface area contributed by atoms with Gasteiger partial charge in [0, 0.05) is 12.9 Å². The Morgan fingerprint density at radius 1 is 1.85 bits per heavy atom. The van der Waals surface area contributed by atoms with Crippen LogP contribution in [0.5, 0.6) is 0 Å². The van der Waals surface area contributed by atoms with Gasteiger partial charge in [0.25, 0.3) is 0 Å². The number of nitrogens with zero attached hydrogens (tertiary/aromatic N) is 2. The third kappa shape index (κ3) is 3.29. The number of ether oxygens (including phenoxy) is 1. The molecule has 0 saturated heterocycles. The van der Waals surface area contributed by atoms with Gasteiger partial charge in [-0.05, 0) is 11.3 Å². The maximum Gasteiger partial charge on any atom is 0.344 e. The summed E-state index contributed by atoms with van der Waals surface area (Å²) >= 11 is 2.55. The van der Waals surface area contributed by atoms with E-state index in [2.05, 4.69) is 4.98 Å². The number of methoxy groups -OCH3 is 1. The highest BCUT2D eigenvalue weighted by molar-refractivity contribution is 8.01. The molecule has 0 radical (unpaired) electrons. The standard InChI is InChI=1S/C6H8N2O3S2/c1-11-2-3-12-6-7-4-5(13-6)8(9)10/h4H,2-3H2,1H3. The van der Waals surface area contributed by atoms with Crippen LogP contribution in [-0.2, 0) is 4.74 Å². The normalized spacial score (nSPS) is 10.2. The van der Waals surface area contributed by atoms with Crippen LogP contribution in [0.1, 0.15) is 0 Å². The molecular formula is C6H8N2O3S2. The zero-order valence-electron chi connectivity index (χ0n) is 6.93. The van der Waals surface area contributed by atoms with Crippen LogP contribution in [0.2, 0.25) is 0 Å². The lowest BCUT2D eigenvalue weighted by molar-refractivity contribution is -0.380. The molecule has 1 rings (SSSR count). The summed E-state index contributed by atoms with van der Waals surface area (Å²) in [6.07, 6.45) is 1.28. The number of rotatable bonds is 5. The molecule has 0 spiro atoms. The SMILES string of the molecule is COCCSc1ncc([N+](=O)[O-])s1. The highest BCUT2D eigenvalue weighted by Crippen LogP contribution is 2.28. The van der Waals surface area contributed by atoms with Crippen molar-refractivity contribution in [2.24, 2.45) is 0 Å². The summed E-state index contributed by atoms with van der Waals surface area (Å²) in [5, 5.41) is 10.4. The number of hydrogen-bond donors (Lipinski definition) is 0. The quantitative estimate of drug-likeness (QED) is 0.327. The lowest BCUT2D eigenvalue weighted by Crippen LogP contribution is -1.90. The summed E-state index contributed by atoms with van der Waals surface area (Å²) < 4.78 is 5.55. The first-order valence-electron chi connectivity index (χ1n) is 3.46. The van der Waals surface area contributed by atoms with Crippen molar-refractivity contribution in [2.75, 3.05) is 19.5 Å². The second-order valence-corrected chi connectivity index (χ2v) is 4.41. The lowest BCUT2D eigenvalue weighted by Gasteiger charge is -1.93. The summed E-state index contributed by atoms with van der Waals surface area (Å²) in [7, 11) is 1.62. The van der Waals surface area contributed by atoms with Crippen molar-refractivity contribution in [3.05, 3.63) is 16.3 Å². The molecule has 0 aliphatic heterocycles. The van der Waals surface area contributed by atoms with Crippen LogP contribution in [0.3, 0.4) is 0 Å².